The molecule has 2 rings (SSSR count). The first-order valence-electron chi connectivity index (χ1n) is 5.46. The number of nitrogens with zero attached hydrogens (tertiary/aromatic N) is 1. The molecule has 1 aromatic carbocycles. The summed E-state index contributed by atoms with van der Waals surface area (Å²) in [4.78, 5) is 0. The van der Waals surface area contributed by atoms with Gasteiger partial charge in [-0.3, -0.25) is 0 Å². The van der Waals surface area contributed by atoms with Crippen molar-refractivity contribution in [1.82, 2.24) is 5.32 Å². The predicted octanol–water partition coefficient (Wildman–Crippen LogP) is 2.12. The quantitative estimate of drug-likeness (QED) is 0.696. The summed E-state index contributed by atoms with van der Waals surface area (Å²) < 4.78 is 0. The van der Waals surface area contributed by atoms with Crippen LogP contribution in [0.4, 0.5) is 0 Å². The van der Waals surface area contributed by atoms with Gasteiger partial charge in [-0.25, -0.2) is 0 Å². The number of benzene rings is 1. The number of fused-ring (bicyclic) bond motifs is 1. The molecule has 1 N–H and O–H groups in total. The van der Waals surface area contributed by atoms with Gasteiger partial charge < -0.3 is 5.32 Å². The summed E-state index contributed by atoms with van der Waals surface area (Å²) >= 11 is 0. The summed E-state index contributed by atoms with van der Waals surface area (Å²) in [5, 5.41) is 12.4. The Morgan fingerprint density at radius 3 is 3.00 bits per heavy atom. The molecule has 2 nitrogen and oxygen atoms in total. The number of nitrogens with one attached hydrogen (secondary N) is 1. The highest BCUT2D eigenvalue weighted by molar-refractivity contribution is 5.46. The molecule has 0 saturated heterocycles. The molecule has 1 heterocycles. The zero-order chi connectivity index (χ0) is 10.8. The van der Waals surface area contributed by atoms with Gasteiger partial charge in [0.15, 0.2) is 0 Å². The minimum atomic E-state index is 0.509. The molecule has 0 aromatic heterocycles. The van der Waals surface area contributed by atoms with Crippen molar-refractivity contribution in [3.8, 4) is 6.07 Å². The van der Waals surface area contributed by atoms with Crippen LogP contribution in [0.2, 0.25) is 0 Å². The highest BCUT2D eigenvalue weighted by atomic mass is 14.9. The van der Waals surface area contributed by atoms with Crippen molar-refractivity contribution in [3.63, 3.8) is 0 Å². The monoisotopic (exact) mass is 200 g/mol. The molecule has 15 heavy (non-hydrogen) atoms. The van der Waals surface area contributed by atoms with E-state index in [1.54, 1.807) is 0 Å². The summed E-state index contributed by atoms with van der Waals surface area (Å²) in [6, 6.07) is 6.52. The highest BCUT2D eigenvalue weighted by Crippen LogP contribution is 2.25. The fraction of sp³-hybridized carbons (Fsp3) is 0.462. The Balaban J connectivity index is 2.53. The van der Waals surface area contributed by atoms with Gasteiger partial charge in [0, 0.05) is 6.54 Å². The lowest BCUT2D eigenvalue weighted by Crippen LogP contribution is -2.18. The SMILES string of the molecule is Cc1cc2c(cc1C#N)C(C)CNCC2. The topological polar surface area (TPSA) is 35.8 Å². The second-order valence-electron chi connectivity index (χ2n) is 4.33. The molecule has 1 aliphatic rings. The molecule has 2 heteroatoms. The van der Waals surface area contributed by atoms with E-state index in [2.05, 4.69) is 30.4 Å². The molecular formula is C13H16N2. The van der Waals surface area contributed by atoms with E-state index in [0.29, 0.717) is 5.92 Å². The molecule has 0 bridgehead atoms. The summed E-state index contributed by atoms with van der Waals surface area (Å²) in [7, 11) is 0. The largest absolute Gasteiger partial charge is 0.316 e. The van der Waals surface area contributed by atoms with Crippen LogP contribution in [0.1, 0.15) is 35.1 Å². The fourth-order valence-corrected chi connectivity index (χ4v) is 2.23. The van der Waals surface area contributed by atoms with E-state index in [1.807, 2.05) is 6.92 Å². The van der Waals surface area contributed by atoms with Gasteiger partial charge in [-0.05, 0) is 48.6 Å². The van der Waals surface area contributed by atoms with Crippen molar-refractivity contribution >= 4 is 0 Å². The molecule has 1 aromatic rings. The van der Waals surface area contributed by atoms with Gasteiger partial charge in [0.05, 0.1) is 11.6 Å². The third kappa shape index (κ3) is 1.88. The molecule has 0 radical (unpaired) electrons. The van der Waals surface area contributed by atoms with E-state index < -0.39 is 0 Å². The third-order valence-electron chi connectivity index (χ3n) is 3.16. The maximum absolute atomic E-state index is 9.01. The Labute approximate surface area is 90.9 Å². The van der Waals surface area contributed by atoms with Crippen LogP contribution in [0.25, 0.3) is 0 Å². The normalized spacial score (nSPS) is 20.2. The van der Waals surface area contributed by atoms with Crippen molar-refractivity contribution in [3.05, 3.63) is 34.4 Å². The number of rotatable bonds is 0. The van der Waals surface area contributed by atoms with Crippen molar-refractivity contribution < 1.29 is 0 Å². The van der Waals surface area contributed by atoms with Gasteiger partial charge in [0.2, 0.25) is 0 Å². The van der Waals surface area contributed by atoms with E-state index in [4.69, 9.17) is 5.26 Å². The lowest BCUT2D eigenvalue weighted by atomic mass is 9.91. The van der Waals surface area contributed by atoms with Crippen LogP contribution in [0.15, 0.2) is 12.1 Å². The van der Waals surface area contributed by atoms with Crippen LogP contribution in [0.3, 0.4) is 0 Å². The molecular weight excluding hydrogens is 184 g/mol. The number of aryl methyl sites for hydroxylation is 1. The molecule has 78 valence electrons. The fourth-order valence-electron chi connectivity index (χ4n) is 2.23. The Morgan fingerprint density at radius 1 is 1.47 bits per heavy atom. The third-order valence-corrected chi connectivity index (χ3v) is 3.16. The molecule has 0 fully saturated rings. The van der Waals surface area contributed by atoms with Crippen LogP contribution in [-0.2, 0) is 6.42 Å². The average Bonchev–Trinajstić information content (AvgIpc) is 2.40. The van der Waals surface area contributed by atoms with Crippen molar-refractivity contribution in [2.75, 3.05) is 13.1 Å². The molecule has 0 aliphatic carbocycles. The Kier molecular flexibility index (Phi) is 2.75. The van der Waals surface area contributed by atoms with Crippen LogP contribution in [0, 0.1) is 18.3 Å². The van der Waals surface area contributed by atoms with E-state index in [0.717, 1.165) is 30.6 Å². The second kappa shape index (κ2) is 4.04. The Hall–Kier alpha value is -1.33. The molecule has 1 atom stereocenters. The maximum atomic E-state index is 9.01. The molecule has 1 aliphatic heterocycles. The van der Waals surface area contributed by atoms with E-state index in [-0.39, 0.29) is 0 Å². The average molecular weight is 200 g/mol. The Morgan fingerprint density at radius 2 is 2.27 bits per heavy atom. The lowest BCUT2D eigenvalue weighted by molar-refractivity contribution is 0.644. The molecule has 0 amide bonds. The first-order valence-corrected chi connectivity index (χ1v) is 5.46. The highest BCUT2D eigenvalue weighted by Gasteiger charge is 2.15. The Bertz CT molecular complexity index is 415. The zero-order valence-electron chi connectivity index (χ0n) is 9.30. The predicted molar refractivity (Wildman–Crippen MR) is 60.9 cm³/mol. The zero-order valence-corrected chi connectivity index (χ0v) is 9.30. The molecule has 0 saturated carbocycles. The standard InChI is InChI=1S/C13H16N2/c1-9-5-11-3-4-15-8-10(2)13(11)6-12(9)7-14/h5-6,10,15H,3-4,8H2,1-2H3. The first kappa shape index (κ1) is 10.2. The number of nitriles is 1. The van der Waals surface area contributed by atoms with Gasteiger partial charge in [-0.1, -0.05) is 13.0 Å². The van der Waals surface area contributed by atoms with Crippen LogP contribution < -0.4 is 5.32 Å². The van der Waals surface area contributed by atoms with Crippen LogP contribution in [0.5, 0.6) is 0 Å². The number of hydrogen-bond donors (Lipinski definition) is 1. The summed E-state index contributed by atoms with van der Waals surface area (Å²) in [6.07, 6.45) is 1.08. The minimum Gasteiger partial charge on any atom is -0.316 e. The smallest absolute Gasteiger partial charge is 0.0994 e. The summed E-state index contributed by atoms with van der Waals surface area (Å²) in [6.45, 7) is 6.29. The van der Waals surface area contributed by atoms with E-state index in [1.165, 1.54) is 11.1 Å². The lowest BCUT2D eigenvalue weighted by Gasteiger charge is -2.13. The van der Waals surface area contributed by atoms with Gasteiger partial charge in [0.25, 0.3) is 0 Å². The summed E-state index contributed by atoms with van der Waals surface area (Å²) in [5.41, 5.74) is 4.68. The molecule has 0 spiro atoms. The first-order chi connectivity index (χ1) is 7.22. The van der Waals surface area contributed by atoms with Gasteiger partial charge in [-0.2, -0.15) is 5.26 Å². The van der Waals surface area contributed by atoms with Crippen molar-refractivity contribution in [1.29, 1.82) is 5.26 Å². The summed E-state index contributed by atoms with van der Waals surface area (Å²) in [5.74, 6) is 0.509. The second-order valence-corrected chi connectivity index (χ2v) is 4.33. The van der Waals surface area contributed by atoms with Crippen molar-refractivity contribution in [2.24, 2.45) is 0 Å². The molecule has 1 unspecified atom stereocenters. The van der Waals surface area contributed by atoms with Gasteiger partial charge in [-0.15, -0.1) is 0 Å². The van der Waals surface area contributed by atoms with Gasteiger partial charge in [0.1, 0.15) is 0 Å². The van der Waals surface area contributed by atoms with Crippen LogP contribution in [-0.4, -0.2) is 13.1 Å². The van der Waals surface area contributed by atoms with E-state index in [9.17, 15) is 0 Å². The van der Waals surface area contributed by atoms with Crippen LogP contribution >= 0.6 is 0 Å². The van der Waals surface area contributed by atoms with Gasteiger partial charge >= 0.3 is 0 Å². The maximum Gasteiger partial charge on any atom is 0.0994 e. The van der Waals surface area contributed by atoms with E-state index >= 15 is 0 Å². The number of hydrogen-bond acceptors (Lipinski definition) is 2. The minimum absolute atomic E-state index is 0.509. The van der Waals surface area contributed by atoms with Crippen molar-refractivity contribution in [2.45, 2.75) is 26.2 Å².